The van der Waals surface area contributed by atoms with Gasteiger partial charge in [-0.3, -0.25) is 4.79 Å². The third-order valence-corrected chi connectivity index (χ3v) is 6.41. The lowest BCUT2D eigenvalue weighted by Crippen LogP contribution is -2.46. The molecule has 33 heavy (non-hydrogen) atoms. The van der Waals surface area contributed by atoms with E-state index in [1.54, 1.807) is 0 Å². The van der Waals surface area contributed by atoms with Gasteiger partial charge < -0.3 is 20.2 Å². The van der Waals surface area contributed by atoms with Crippen LogP contribution in [0, 0.1) is 17.6 Å². The van der Waals surface area contributed by atoms with Crippen molar-refractivity contribution in [2.75, 3.05) is 12.8 Å². The molecule has 2 aromatic heterocycles. The molecule has 3 N–H and O–H groups in total. The highest BCUT2D eigenvalue weighted by molar-refractivity contribution is 5.87. The average molecular weight is 469 g/mol. The number of benzene rings is 1. The molecule has 4 atom stereocenters. The van der Waals surface area contributed by atoms with Crippen LogP contribution < -0.4 is 15.9 Å². The number of anilines is 1. The van der Waals surface area contributed by atoms with E-state index >= 15 is 0 Å². The molecule has 3 aromatic rings. The third-order valence-electron chi connectivity index (χ3n) is 6.41. The zero-order valence-corrected chi connectivity index (χ0v) is 17.8. The molecule has 0 amide bonds. The van der Waals surface area contributed by atoms with Crippen LogP contribution in [0.2, 0.25) is 0 Å². The van der Waals surface area contributed by atoms with Gasteiger partial charge in [0.15, 0.2) is 22.6 Å². The van der Waals surface area contributed by atoms with Gasteiger partial charge in [-0.2, -0.15) is 17.6 Å². The van der Waals surface area contributed by atoms with E-state index in [4.69, 9.17) is 15.2 Å². The maximum absolute atomic E-state index is 14.5. The fraction of sp³-hybridized carbons (Fsp3) is 0.364. The number of fused-ring (bicyclic) bond motifs is 1. The second kappa shape index (κ2) is 7.68. The number of nitrogen functional groups attached to an aromatic ring is 1. The van der Waals surface area contributed by atoms with Gasteiger partial charge in [0.1, 0.15) is 11.9 Å². The van der Waals surface area contributed by atoms with Crippen LogP contribution in [0.5, 0.6) is 5.75 Å². The fourth-order valence-corrected chi connectivity index (χ4v) is 4.48. The lowest BCUT2D eigenvalue weighted by Gasteiger charge is -2.32. The minimum atomic E-state index is -4.79. The van der Waals surface area contributed by atoms with Crippen LogP contribution in [-0.2, 0) is 4.74 Å². The van der Waals surface area contributed by atoms with Crippen LogP contribution in [0.3, 0.4) is 0 Å². The van der Waals surface area contributed by atoms with Gasteiger partial charge in [0.2, 0.25) is 5.82 Å². The smallest absolute Gasteiger partial charge is 0.417 e. The molecule has 11 heteroatoms. The molecule has 0 aliphatic carbocycles. The predicted octanol–water partition coefficient (Wildman–Crippen LogP) is 4.60. The molecule has 6 nitrogen and oxygen atoms in total. The highest BCUT2D eigenvalue weighted by Gasteiger charge is 2.65. The van der Waals surface area contributed by atoms with Gasteiger partial charge in [-0.1, -0.05) is 13.0 Å². The Hall–Kier alpha value is -3.21. The SMILES string of the molecule is COc1c([C@H]2[C@H](c3cc(=O)c4c(N)nccc4[nH]3)O[C@@](C)(C(F)(F)F)[C@H]2C)ccc(F)c1F. The summed E-state index contributed by atoms with van der Waals surface area (Å²) in [6.07, 6.45) is -4.82. The second-order valence-electron chi connectivity index (χ2n) is 8.15. The number of aromatic amines is 1. The number of nitrogens with two attached hydrogens (primary N) is 1. The number of H-pyrrole nitrogens is 1. The number of nitrogens with one attached hydrogen (secondary N) is 1. The minimum absolute atomic E-state index is 0.0166. The van der Waals surface area contributed by atoms with E-state index in [2.05, 4.69) is 9.97 Å². The Morgan fingerprint density at radius 1 is 1.24 bits per heavy atom. The van der Waals surface area contributed by atoms with Crippen molar-refractivity contribution in [1.29, 1.82) is 0 Å². The van der Waals surface area contributed by atoms with Crippen molar-refractivity contribution in [2.24, 2.45) is 5.92 Å². The number of halogens is 5. The van der Waals surface area contributed by atoms with Gasteiger partial charge in [-0.25, -0.2) is 9.37 Å². The maximum Gasteiger partial charge on any atom is 0.417 e. The zero-order chi connectivity index (χ0) is 24.3. The molecule has 1 aromatic carbocycles. The quantitative estimate of drug-likeness (QED) is 0.547. The number of methoxy groups -OCH3 is 1. The molecule has 4 rings (SSSR count). The first kappa shape index (κ1) is 23.0. The lowest BCUT2D eigenvalue weighted by atomic mass is 9.76. The highest BCUT2D eigenvalue weighted by Crippen LogP contribution is 2.59. The van der Waals surface area contributed by atoms with Crippen molar-refractivity contribution in [3.63, 3.8) is 0 Å². The van der Waals surface area contributed by atoms with Crippen LogP contribution in [0.1, 0.15) is 37.1 Å². The standard InChI is InChI=1S/C22H20F5N3O3/c1-9-15(10-4-5-11(23)17(24)18(10)32-3)19(33-21(9,2)22(25,26)27)13-8-14(31)16-12(30-13)6-7-29-20(16)28/h4-9,15,19H,1-3H3,(H2,28,29)(H,30,31)/t9-,15-,19-,21+/m0/s1. The maximum atomic E-state index is 14.5. The van der Waals surface area contributed by atoms with Crippen molar-refractivity contribution in [3.8, 4) is 5.75 Å². The van der Waals surface area contributed by atoms with Gasteiger partial charge >= 0.3 is 6.18 Å². The lowest BCUT2D eigenvalue weighted by molar-refractivity contribution is -0.275. The predicted molar refractivity (Wildman–Crippen MR) is 110 cm³/mol. The zero-order valence-electron chi connectivity index (χ0n) is 17.8. The Morgan fingerprint density at radius 3 is 2.58 bits per heavy atom. The summed E-state index contributed by atoms with van der Waals surface area (Å²) >= 11 is 0. The molecule has 1 aliphatic rings. The molecule has 1 aliphatic heterocycles. The molecule has 3 heterocycles. The number of alkyl halides is 3. The van der Waals surface area contributed by atoms with Crippen LogP contribution in [0.25, 0.3) is 10.9 Å². The highest BCUT2D eigenvalue weighted by atomic mass is 19.4. The Bertz CT molecular complexity index is 1290. The van der Waals surface area contributed by atoms with E-state index in [0.29, 0.717) is 0 Å². The van der Waals surface area contributed by atoms with E-state index < -0.39 is 52.5 Å². The Labute approximate surface area is 184 Å². The van der Waals surface area contributed by atoms with Crippen molar-refractivity contribution >= 4 is 16.7 Å². The van der Waals surface area contributed by atoms with E-state index in [1.807, 2.05) is 0 Å². The number of pyridine rings is 2. The molecule has 0 bridgehead atoms. The van der Waals surface area contributed by atoms with E-state index in [9.17, 15) is 26.7 Å². The molecule has 0 unspecified atom stereocenters. The number of nitrogens with zero attached hydrogens (tertiary/aromatic N) is 1. The van der Waals surface area contributed by atoms with E-state index in [1.165, 1.54) is 19.2 Å². The Balaban J connectivity index is 1.97. The van der Waals surface area contributed by atoms with Crippen LogP contribution in [0.15, 0.2) is 35.3 Å². The molecule has 1 fully saturated rings. The number of hydrogen-bond donors (Lipinski definition) is 2. The van der Waals surface area contributed by atoms with E-state index in [-0.39, 0.29) is 28.0 Å². The summed E-state index contributed by atoms with van der Waals surface area (Å²) in [6.45, 7) is 2.19. The molecule has 1 saturated heterocycles. The van der Waals surface area contributed by atoms with Crippen LogP contribution in [-0.4, -0.2) is 28.9 Å². The average Bonchev–Trinajstić information content (AvgIpc) is 3.02. The summed E-state index contributed by atoms with van der Waals surface area (Å²) in [5, 5.41) is 0.0767. The van der Waals surface area contributed by atoms with Crippen molar-refractivity contribution in [2.45, 2.75) is 37.6 Å². The first-order valence-corrected chi connectivity index (χ1v) is 9.94. The van der Waals surface area contributed by atoms with Crippen LogP contribution >= 0.6 is 0 Å². The number of rotatable bonds is 3. The first-order valence-electron chi connectivity index (χ1n) is 9.94. The third kappa shape index (κ3) is 3.41. The monoisotopic (exact) mass is 469 g/mol. The van der Waals surface area contributed by atoms with Gasteiger partial charge in [-0.05, 0) is 19.1 Å². The van der Waals surface area contributed by atoms with E-state index in [0.717, 1.165) is 32.2 Å². The summed E-state index contributed by atoms with van der Waals surface area (Å²) in [7, 11) is 1.09. The van der Waals surface area contributed by atoms with Crippen LogP contribution in [0.4, 0.5) is 27.8 Å². The summed E-state index contributed by atoms with van der Waals surface area (Å²) in [5.41, 5.74) is 2.80. The minimum Gasteiger partial charge on any atom is -0.493 e. The van der Waals surface area contributed by atoms with Gasteiger partial charge in [0.25, 0.3) is 0 Å². The van der Waals surface area contributed by atoms with Gasteiger partial charge in [0.05, 0.1) is 18.0 Å². The van der Waals surface area contributed by atoms with Crippen molar-refractivity contribution in [3.05, 3.63) is 63.6 Å². The second-order valence-corrected chi connectivity index (χ2v) is 8.15. The topological polar surface area (TPSA) is 90.2 Å². The molecular formula is C22H20F5N3O3. The van der Waals surface area contributed by atoms with Crippen molar-refractivity contribution < 1.29 is 31.4 Å². The first-order chi connectivity index (χ1) is 15.4. The summed E-state index contributed by atoms with van der Waals surface area (Å²) < 4.78 is 81.2. The summed E-state index contributed by atoms with van der Waals surface area (Å²) in [4.78, 5) is 19.5. The Kier molecular flexibility index (Phi) is 5.35. The fourth-order valence-electron chi connectivity index (χ4n) is 4.48. The normalized spacial score (nSPS) is 25.5. The number of ether oxygens (including phenoxy) is 2. The molecular weight excluding hydrogens is 449 g/mol. The summed E-state index contributed by atoms with van der Waals surface area (Å²) in [5.74, 6) is -5.51. The molecule has 0 saturated carbocycles. The number of hydrogen-bond acceptors (Lipinski definition) is 5. The molecule has 0 radical (unpaired) electrons. The molecule has 176 valence electrons. The van der Waals surface area contributed by atoms with Gasteiger partial charge in [-0.15, -0.1) is 0 Å². The largest absolute Gasteiger partial charge is 0.493 e. The molecule has 0 spiro atoms. The summed E-state index contributed by atoms with van der Waals surface area (Å²) in [6, 6.07) is 4.51. The van der Waals surface area contributed by atoms with Gasteiger partial charge in [0, 0.05) is 35.4 Å². The van der Waals surface area contributed by atoms with Crippen molar-refractivity contribution in [1.82, 2.24) is 9.97 Å². The number of aromatic nitrogens is 2. The Morgan fingerprint density at radius 2 is 1.94 bits per heavy atom.